The van der Waals surface area contributed by atoms with E-state index in [1.54, 1.807) is 0 Å². The van der Waals surface area contributed by atoms with Crippen molar-refractivity contribution in [1.82, 2.24) is 0 Å². The molecule has 0 radical (unpaired) electrons. The first-order valence-electron chi connectivity index (χ1n) is 8.02. The Kier molecular flexibility index (Phi) is 3.61. The van der Waals surface area contributed by atoms with Crippen molar-refractivity contribution in [2.45, 2.75) is 51.6 Å². The highest BCUT2D eigenvalue weighted by Crippen LogP contribution is 2.49. The Morgan fingerprint density at radius 3 is 2.39 bits per heavy atom. The van der Waals surface area contributed by atoms with E-state index in [-0.39, 0.29) is 34.0 Å². The molecular weight excluding hydrogens is 312 g/mol. The number of hydrogen-bond donors (Lipinski definition) is 0. The van der Waals surface area contributed by atoms with Crippen molar-refractivity contribution >= 4 is 19.6 Å². The number of ether oxygens (including phenoxy) is 3. The monoisotopic (exact) mass is 336 g/mol. The first-order chi connectivity index (χ1) is 10.6. The first kappa shape index (κ1) is 16.5. The molecule has 1 fully saturated rings. The van der Waals surface area contributed by atoms with Crippen molar-refractivity contribution in [3.8, 4) is 0 Å². The summed E-state index contributed by atoms with van der Waals surface area (Å²) in [5.74, 6) is -0.190. The average molecular weight is 336 g/mol. The zero-order valence-corrected chi connectivity index (χ0v) is 15.6. The summed E-state index contributed by atoms with van der Waals surface area (Å²) in [4.78, 5) is 26.2. The molecule has 5 nitrogen and oxygen atoms in total. The lowest BCUT2D eigenvalue weighted by molar-refractivity contribution is -0.126. The maximum atomic E-state index is 13.3. The predicted octanol–water partition coefficient (Wildman–Crippen LogP) is 2.73. The van der Waals surface area contributed by atoms with Gasteiger partial charge < -0.3 is 14.2 Å². The highest BCUT2D eigenvalue weighted by atomic mass is 28.3. The quantitative estimate of drug-likeness (QED) is 0.573. The molecule has 23 heavy (non-hydrogen) atoms. The van der Waals surface area contributed by atoms with Crippen molar-refractivity contribution in [3.63, 3.8) is 0 Å². The van der Waals surface area contributed by atoms with Crippen LogP contribution in [0.15, 0.2) is 22.3 Å². The first-order valence-corrected chi connectivity index (χ1v) is 11.0. The van der Waals surface area contributed by atoms with Gasteiger partial charge in [-0.1, -0.05) is 33.9 Å². The number of carbonyl (C=O) groups is 2. The number of Topliss-reactive ketones (excluding diaryl/α,β-unsaturated/α-hetero) is 2. The topological polar surface area (TPSA) is 61.8 Å². The largest absolute Gasteiger partial charge is 0.492 e. The van der Waals surface area contributed by atoms with Crippen LogP contribution >= 0.6 is 0 Å². The fourth-order valence-corrected chi connectivity index (χ4v) is 5.58. The molecule has 0 spiro atoms. The van der Waals surface area contributed by atoms with Gasteiger partial charge in [0.05, 0.1) is 33.3 Å². The molecule has 0 aromatic carbocycles. The standard InChI is InChI=1S/C17H24O5Si/c1-17(2,3)23(5,6)15-11(18)10-9-7-8-21-16(9)22-13(10)12(19)14(15)20-4/h9,16H,7-8H2,1-6H3/t9-,16+/m0/s1. The lowest BCUT2D eigenvalue weighted by Crippen LogP contribution is -2.46. The van der Waals surface area contributed by atoms with Crippen LogP contribution < -0.4 is 0 Å². The van der Waals surface area contributed by atoms with Gasteiger partial charge in [-0.25, -0.2) is 0 Å². The lowest BCUT2D eigenvalue weighted by Gasteiger charge is -2.40. The van der Waals surface area contributed by atoms with Gasteiger partial charge in [-0.15, -0.1) is 0 Å². The third kappa shape index (κ3) is 2.15. The molecule has 0 saturated carbocycles. The fourth-order valence-electron chi connectivity index (χ4n) is 3.35. The molecule has 0 aromatic heterocycles. The normalized spacial score (nSPS) is 28.1. The Bertz CT molecular complexity index is 650. The number of carbonyl (C=O) groups excluding carboxylic acids is 2. The van der Waals surface area contributed by atoms with Crippen molar-refractivity contribution in [3.05, 3.63) is 22.3 Å². The molecule has 1 aliphatic carbocycles. The van der Waals surface area contributed by atoms with Gasteiger partial charge >= 0.3 is 0 Å². The highest BCUT2D eigenvalue weighted by Gasteiger charge is 2.55. The van der Waals surface area contributed by atoms with E-state index in [4.69, 9.17) is 14.2 Å². The molecule has 0 unspecified atom stereocenters. The van der Waals surface area contributed by atoms with Crippen LogP contribution in [0.2, 0.25) is 18.1 Å². The third-order valence-electron chi connectivity index (χ3n) is 5.70. The van der Waals surface area contributed by atoms with Gasteiger partial charge in [0.25, 0.3) is 5.78 Å². The second kappa shape index (κ2) is 5.04. The van der Waals surface area contributed by atoms with Gasteiger partial charge in [0.2, 0.25) is 6.29 Å². The Morgan fingerprint density at radius 1 is 1.17 bits per heavy atom. The van der Waals surface area contributed by atoms with Gasteiger partial charge in [-0.05, 0) is 11.5 Å². The van der Waals surface area contributed by atoms with Crippen LogP contribution in [0.4, 0.5) is 0 Å². The summed E-state index contributed by atoms with van der Waals surface area (Å²) in [6, 6.07) is 0. The van der Waals surface area contributed by atoms with Gasteiger partial charge in [0, 0.05) is 5.20 Å². The Balaban J connectivity index is 2.14. The van der Waals surface area contributed by atoms with Gasteiger partial charge in [0.1, 0.15) is 0 Å². The van der Waals surface area contributed by atoms with Gasteiger partial charge in [-0.3, -0.25) is 9.59 Å². The van der Waals surface area contributed by atoms with Crippen molar-refractivity contribution < 1.29 is 23.8 Å². The molecule has 126 valence electrons. The number of rotatable bonds is 2. The van der Waals surface area contributed by atoms with E-state index in [2.05, 4.69) is 33.9 Å². The molecule has 6 heteroatoms. The fraction of sp³-hybridized carbons (Fsp3) is 0.647. The predicted molar refractivity (Wildman–Crippen MR) is 87.2 cm³/mol. The molecular formula is C17H24O5Si. The minimum absolute atomic E-state index is 0.0685. The van der Waals surface area contributed by atoms with E-state index in [9.17, 15) is 9.59 Å². The molecule has 0 N–H and O–H groups in total. The molecule has 2 atom stereocenters. The van der Waals surface area contributed by atoms with Crippen LogP contribution in [0.1, 0.15) is 27.2 Å². The smallest absolute Gasteiger partial charge is 0.262 e. The van der Waals surface area contributed by atoms with E-state index in [0.717, 1.165) is 6.42 Å². The number of fused-ring (bicyclic) bond motifs is 2. The zero-order valence-electron chi connectivity index (χ0n) is 14.6. The Morgan fingerprint density at radius 2 is 1.83 bits per heavy atom. The molecule has 2 heterocycles. The maximum absolute atomic E-state index is 13.3. The Hall–Kier alpha value is -1.40. The number of hydrogen-bond acceptors (Lipinski definition) is 5. The molecule has 0 bridgehead atoms. The minimum atomic E-state index is -2.24. The summed E-state index contributed by atoms with van der Waals surface area (Å²) in [6.45, 7) is 11.2. The number of ketones is 2. The SMILES string of the molecule is COC1=C([Si](C)(C)C(C)(C)C)C(=O)C2=C(O[C@H]3OCC[C@@H]23)C1=O. The van der Waals surface area contributed by atoms with Crippen LogP contribution in [-0.4, -0.2) is 39.6 Å². The summed E-state index contributed by atoms with van der Waals surface area (Å²) in [6.07, 6.45) is 0.222. The van der Waals surface area contributed by atoms with Gasteiger partial charge in [0.15, 0.2) is 17.3 Å². The Labute approximate surface area is 137 Å². The van der Waals surface area contributed by atoms with E-state index >= 15 is 0 Å². The third-order valence-corrected chi connectivity index (χ3v) is 11.2. The van der Waals surface area contributed by atoms with Crippen LogP contribution in [0, 0.1) is 5.92 Å². The summed E-state index contributed by atoms with van der Waals surface area (Å²) >= 11 is 0. The van der Waals surface area contributed by atoms with Crippen LogP contribution in [0.5, 0.6) is 0 Å². The summed E-state index contributed by atoms with van der Waals surface area (Å²) < 4.78 is 16.5. The van der Waals surface area contributed by atoms with E-state index in [1.165, 1.54) is 7.11 Å². The average Bonchev–Trinajstić information content (AvgIpc) is 3.00. The van der Waals surface area contributed by atoms with Crippen molar-refractivity contribution in [1.29, 1.82) is 0 Å². The zero-order chi connectivity index (χ0) is 17.2. The summed E-state index contributed by atoms with van der Waals surface area (Å²) in [7, 11) is -0.793. The van der Waals surface area contributed by atoms with E-state index in [0.29, 0.717) is 17.4 Å². The van der Waals surface area contributed by atoms with Crippen LogP contribution in [0.3, 0.4) is 0 Å². The second-order valence-electron chi connectivity index (χ2n) is 7.94. The van der Waals surface area contributed by atoms with Crippen molar-refractivity contribution in [2.24, 2.45) is 5.92 Å². The molecule has 0 amide bonds. The lowest BCUT2D eigenvalue weighted by atomic mass is 9.89. The van der Waals surface area contributed by atoms with Gasteiger partial charge in [-0.2, -0.15) is 0 Å². The second-order valence-corrected chi connectivity index (χ2v) is 13.2. The summed E-state index contributed by atoms with van der Waals surface area (Å²) in [5.41, 5.74) is 0.512. The molecule has 2 aliphatic heterocycles. The number of allylic oxidation sites excluding steroid dienone is 1. The maximum Gasteiger partial charge on any atom is 0.262 e. The molecule has 0 aromatic rings. The minimum Gasteiger partial charge on any atom is -0.492 e. The molecule has 1 saturated heterocycles. The molecule has 3 aliphatic rings. The van der Waals surface area contributed by atoms with E-state index < -0.39 is 14.4 Å². The van der Waals surface area contributed by atoms with Crippen molar-refractivity contribution in [2.75, 3.05) is 13.7 Å². The van der Waals surface area contributed by atoms with E-state index in [1.807, 2.05) is 0 Å². The summed E-state index contributed by atoms with van der Waals surface area (Å²) in [5, 5.41) is 0.512. The molecule has 3 rings (SSSR count). The highest BCUT2D eigenvalue weighted by molar-refractivity contribution is 6.91. The number of methoxy groups -OCH3 is 1. The van der Waals surface area contributed by atoms with Crippen LogP contribution in [0.25, 0.3) is 0 Å². The van der Waals surface area contributed by atoms with Crippen LogP contribution in [-0.2, 0) is 23.8 Å².